The number of pyridine rings is 1. The number of aromatic nitrogens is 1. The molecule has 0 amide bonds. The quantitative estimate of drug-likeness (QED) is 0.873. The zero-order chi connectivity index (χ0) is 14.7. The summed E-state index contributed by atoms with van der Waals surface area (Å²) < 4.78 is 0. The number of anilines is 2. The lowest BCUT2D eigenvalue weighted by atomic mass is 10.1. The van der Waals surface area contributed by atoms with E-state index in [1.54, 1.807) is 6.20 Å². The highest BCUT2D eigenvalue weighted by molar-refractivity contribution is 7.80. The molecule has 0 radical (unpaired) electrons. The van der Waals surface area contributed by atoms with Gasteiger partial charge in [-0.25, -0.2) is 4.98 Å². The number of para-hydroxylation sites is 1. The zero-order valence-corrected chi connectivity index (χ0v) is 12.9. The van der Waals surface area contributed by atoms with Gasteiger partial charge in [0.15, 0.2) is 0 Å². The minimum absolute atomic E-state index is 0.387. The molecule has 104 valence electrons. The molecule has 0 spiro atoms. The Morgan fingerprint density at radius 1 is 1.20 bits per heavy atom. The van der Waals surface area contributed by atoms with Crippen LogP contribution in [0.1, 0.15) is 23.6 Å². The molecule has 0 saturated heterocycles. The molecule has 2 rings (SSSR count). The van der Waals surface area contributed by atoms with E-state index < -0.39 is 0 Å². The van der Waals surface area contributed by atoms with Gasteiger partial charge in [0.25, 0.3) is 0 Å². The van der Waals surface area contributed by atoms with E-state index in [4.69, 9.17) is 18.0 Å². The molecule has 0 unspecified atom stereocenters. The number of nitrogens with two attached hydrogens (primary N) is 1. The number of hydrogen-bond donors (Lipinski definition) is 1. The van der Waals surface area contributed by atoms with Crippen LogP contribution in [0.3, 0.4) is 0 Å². The van der Waals surface area contributed by atoms with Crippen LogP contribution in [-0.4, -0.2) is 16.5 Å². The van der Waals surface area contributed by atoms with Crippen molar-refractivity contribution in [1.29, 1.82) is 0 Å². The zero-order valence-electron chi connectivity index (χ0n) is 12.1. The minimum atomic E-state index is 0.387. The maximum Gasteiger partial charge on any atom is 0.143 e. The first-order chi connectivity index (χ1) is 9.56. The van der Waals surface area contributed by atoms with Crippen LogP contribution in [0.15, 0.2) is 36.5 Å². The SMILES string of the molecule is CCN(c1ccccc1C)c1nccc(C)c1C(N)=S. The Morgan fingerprint density at radius 2 is 1.90 bits per heavy atom. The second-order valence-corrected chi connectivity index (χ2v) is 5.16. The molecule has 3 nitrogen and oxygen atoms in total. The number of thiocarbonyl (C=S) groups is 1. The van der Waals surface area contributed by atoms with E-state index in [0.29, 0.717) is 4.99 Å². The summed E-state index contributed by atoms with van der Waals surface area (Å²) in [6, 6.07) is 10.2. The van der Waals surface area contributed by atoms with Crippen LogP contribution >= 0.6 is 12.2 Å². The Kier molecular flexibility index (Phi) is 4.35. The Hall–Kier alpha value is -1.94. The van der Waals surface area contributed by atoms with E-state index in [0.717, 1.165) is 29.2 Å². The second kappa shape index (κ2) is 6.01. The fourth-order valence-electron chi connectivity index (χ4n) is 2.35. The lowest BCUT2D eigenvalue weighted by Gasteiger charge is -2.26. The third-order valence-corrected chi connectivity index (χ3v) is 3.57. The van der Waals surface area contributed by atoms with Crippen molar-refractivity contribution in [3.05, 3.63) is 53.2 Å². The Balaban J connectivity index is 2.62. The van der Waals surface area contributed by atoms with E-state index >= 15 is 0 Å². The van der Waals surface area contributed by atoms with Crippen LogP contribution in [0.25, 0.3) is 0 Å². The summed E-state index contributed by atoms with van der Waals surface area (Å²) >= 11 is 5.20. The molecule has 0 aliphatic rings. The number of rotatable bonds is 4. The van der Waals surface area contributed by atoms with Gasteiger partial charge in [0.05, 0.1) is 5.56 Å². The first-order valence-corrected chi connectivity index (χ1v) is 7.05. The molecule has 4 heteroatoms. The van der Waals surface area contributed by atoms with Gasteiger partial charge < -0.3 is 10.6 Å². The molecule has 0 bridgehead atoms. The number of aryl methyl sites for hydroxylation is 2. The van der Waals surface area contributed by atoms with E-state index in [1.165, 1.54) is 5.56 Å². The summed E-state index contributed by atoms with van der Waals surface area (Å²) in [6.45, 7) is 7.00. The minimum Gasteiger partial charge on any atom is -0.389 e. The molecule has 0 aliphatic heterocycles. The van der Waals surface area contributed by atoms with Gasteiger partial charge in [0.1, 0.15) is 10.8 Å². The predicted octanol–water partition coefficient (Wildman–Crippen LogP) is 3.49. The van der Waals surface area contributed by atoms with E-state index in [-0.39, 0.29) is 0 Å². The maximum atomic E-state index is 5.89. The average Bonchev–Trinajstić information content (AvgIpc) is 2.41. The van der Waals surface area contributed by atoms with Crippen molar-refractivity contribution in [3.8, 4) is 0 Å². The summed E-state index contributed by atoms with van der Waals surface area (Å²) in [7, 11) is 0. The second-order valence-electron chi connectivity index (χ2n) is 4.72. The van der Waals surface area contributed by atoms with E-state index in [2.05, 4.69) is 35.9 Å². The van der Waals surface area contributed by atoms with Crippen molar-refractivity contribution in [2.24, 2.45) is 5.73 Å². The van der Waals surface area contributed by atoms with Crippen molar-refractivity contribution < 1.29 is 0 Å². The molecule has 0 saturated carbocycles. The Morgan fingerprint density at radius 3 is 2.50 bits per heavy atom. The number of nitrogens with zero attached hydrogens (tertiary/aromatic N) is 2. The third-order valence-electron chi connectivity index (χ3n) is 3.36. The summed E-state index contributed by atoms with van der Waals surface area (Å²) in [5.41, 5.74) is 10.1. The summed E-state index contributed by atoms with van der Waals surface area (Å²) in [6.07, 6.45) is 1.80. The van der Waals surface area contributed by atoms with Crippen LogP contribution in [0, 0.1) is 13.8 Å². The lowest BCUT2D eigenvalue weighted by Crippen LogP contribution is -2.24. The van der Waals surface area contributed by atoms with Crippen molar-refractivity contribution >= 4 is 28.7 Å². The average molecular weight is 285 g/mol. The summed E-state index contributed by atoms with van der Waals surface area (Å²) in [4.78, 5) is 7.04. The van der Waals surface area contributed by atoms with Gasteiger partial charge in [-0.05, 0) is 44.0 Å². The van der Waals surface area contributed by atoms with Crippen molar-refractivity contribution in [2.75, 3.05) is 11.4 Å². The molecule has 1 aromatic carbocycles. The van der Waals surface area contributed by atoms with Gasteiger partial charge in [-0.1, -0.05) is 30.4 Å². The van der Waals surface area contributed by atoms with Crippen LogP contribution in [0.4, 0.5) is 11.5 Å². The molecule has 0 atom stereocenters. The molecule has 2 aromatic rings. The summed E-state index contributed by atoms with van der Waals surface area (Å²) in [5.74, 6) is 0.828. The third kappa shape index (κ3) is 2.65. The van der Waals surface area contributed by atoms with E-state index in [9.17, 15) is 0 Å². The van der Waals surface area contributed by atoms with Gasteiger partial charge in [0, 0.05) is 18.4 Å². The van der Waals surface area contributed by atoms with Crippen LogP contribution in [0.5, 0.6) is 0 Å². The predicted molar refractivity (Wildman–Crippen MR) is 88.7 cm³/mol. The van der Waals surface area contributed by atoms with Crippen LogP contribution < -0.4 is 10.6 Å². The molecule has 2 N–H and O–H groups in total. The Labute approximate surface area is 125 Å². The molecule has 1 heterocycles. The lowest BCUT2D eigenvalue weighted by molar-refractivity contribution is 0.977. The maximum absolute atomic E-state index is 5.89. The first kappa shape index (κ1) is 14.5. The molecule has 20 heavy (non-hydrogen) atoms. The molecular weight excluding hydrogens is 266 g/mol. The van der Waals surface area contributed by atoms with E-state index in [1.807, 2.05) is 25.1 Å². The fraction of sp³-hybridized carbons (Fsp3) is 0.250. The monoisotopic (exact) mass is 285 g/mol. The van der Waals surface area contributed by atoms with Gasteiger partial charge in [-0.15, -0.1) is 0 Å². The summed E-state index contributed by atoms with van der Waals surface area (Å²) in [5, 5.41) is 0. The largest absolute Gasteiger partial charge is 0.389 e. The van der Waals surface area contributed by atoms with Crippen molar-refractivity contribution in [3.63, 3.8) is 0 Å². The molecule has 1 aromatic heterocycles. The highest BCUT2D eigenvalue weighted by Gasteiger charge is 2.17. The van der Waals surface area contributed by atoms with Gasteiger partial charge in [-0.2, -0.15) is 0 Å². The smallest absolute Gasteiger partial charge is 0.143 e. The van der Waals surface area contributed by atoms with Gasteiger partial charge in [-0.3, -0.25) is 0 Å². The van der Waals surface area contributed by atoms with Crippen LogP contribution in [0.2, 0.25) is 0 Å². The topological polar surface area (TPSA) is 42.2 Å². The van der Waals surface area contributed by atoms with Crippen molar-refractivity contribution in [2.45, 2.75) is 20.8 Å². The standard InChI is InChI=1S/C16H19N3S/c1-4-19(13-8-6-5-7-11(13)2)16-14(15(17)20)12(3)9-10-18-16/h5-10H,4H2,1-3H3,(H2,17,20). The molecular formula is C16H19N3S. The normalized spacial score (nSPS) is 10.3. The number of benzene rings is 1. The molecule has 0 fully saturated rings. The number of hydrogen-bond acceptors (Lipinski definition) is 3. The Bertz CT molecular complexity index is 637. The highest BCUT2D eigenvalue weighted by atomic mass is 32.1. The highest BCUT2D eigenvalue weighted by Crippen LogP contribution is 2.30. The molecule has 0 aliphatic carbocycles. The van der Waals surface area contributed by atoms with Crippen LogP contribution in [-0.2, 0) is 0 Å². The van der Waals surface area contributed by atoms with Gasteiger partial charge in [0.2, 0.25) is 0 Å². The van der Waals surface area contributed by atoms with Crippen molar-refractivity contribution in [1.82, 2.24) is 4.98 Å². The fourth-order valence-corrected chi connectivity index (χ4v) is 2.61. The van der Waals surface area contributed by atoms with Gasteiger partial charge >= 0.3 is 0 Å². The first-order valence-electron chi connectivity index (χ1n) is 6.64.